The molecule has 0 saturated heterocycles. The Labute approximate surface area is 202 Å². The van der Waals surface area contributed by atoms with Gasteiger partial charge in [0.05, 0.1) is 0 Å². The number of aromatic nitrogens is 1. The number of amides is 3. The Hall–Kier alpha value is -4.59. The van der Waals surface area contributed by atoms with Gasteiger partial charge in [0.25, 0.3) is 0 Å². The summed E-state index contributed by atoms with van der Waals surface area (Å²) in [6.45, 7) is 1.50. The molecule has 0 aliphatic carbocycles. The van der Waals surface area contributed by atoms with Gasteiger partial charge in [-0.3, -0.25) is 9.59 Å². The van der Waals surface area contributed by atoms with Gasteiger partial charge < -0.3 is 25.7 Å². The molecule has 0 saturated carbocycles. The Morgan fingerprint density at radius 2 is 1.60 bits per heavy atom. The number of ether oxygens (including phenoxy) is 1. The van der Waals surface area contributed by atoms with Crippen LogP contribution in [0.1, 0.15) is 18.1 Å². The van der Waals surface area contributed by atoms with Gasteiger partial charge >= 0.3 is 6.09 Å². The summed E-state index contributed by atoms with van der Waals surface area (Å²) in [6, 6.07) is 23.0. The molecule has 0 bridgehead atoms. The van der Waals surface area contributed by atoms with Crippen molar-refractivity contribution in [2.45, 2.75) is 26.0 Å². The van der Waals surface area contributed by atoms with Crippen LogP contribution in [0.15, 0.2) is 85.1 Å². The first-order valence-electron chi connectivity index (χ1n) is 11.2. The predicted octanol–water partition coefficient (Wildman–Crippen LogP) is 4.60. The number of rotatable bonds is 8. The van der Waals surface area contributed by atoms with Gasteiger partial charge in [0.2, 0.25) is 11.8 Å². The number of anilines is 2. The summed E-state index contributed by atoms with van der Waals surface area (Å²) in [7, 11) is 0. The van der Waals surface area contributed by atoms with Crippen molar-refractivity contribution in [2.75, 3.05) is 10.6 Å². The van der Waals surface area contributed by atoms with Crippen molar-refractivity contribution >= 4 is 40.2 Å². The number of carbonyl (C=O) groups is 3. The lowest BCUT2D eigenvalue weighted by molar-refractivity contribution is -0.118. The zero-order valence-electron chi connectivity index (χ0n) is 19.2. The molecule has 8 heteroatoms. The van der Waals surface area contributed by atoms with Crippen LogP contribution in [-0.2, 0) is 27.4 Å². The molecular weight excluding hydrogens is 444 g/mol. The van der Waals surface area contributed by atoms with Gasteiger partial charge in [-0.2, -0.15) is 0 Å². The average Bonchev–Trinajstić information content (AvgIpc) is 3.25. The Kier molecular flexibility index (Phi) is 7.42. The third-order valence-corrected chi connectivity index (χ3v) is 5.37. The van der Waals surface area contributed by atoms with E-state index in [9.17, 15) is 14.4 Å². The van der Waals surface area contributed by atoms with Crippen LogP contribution in [0.4, 0.5) is 16.2 Å². The number of H-pyrrole nitrogens is 1. The number of carbonyl (C=O) groups excluding carboxylic acids is 3. The SMILES string of the molecule is CC(=O)Nc1cccc(NC(=O)[C@H](Cc2c[nH]c3ccccc23)NC(=O)OCc2ccccc2)c1. The van der Waals surface area contributed by atoms with Crippen molar-refractivity contribution in [3.63, 3.8) is 0 Å². The molecule has 4 N–H and O–H groups in total. The fraction of sp³-hybridized carbons (Fsp3) is 0.148. The summed E-state index contributed by atoms with van der Waals surface area (Å²) in [6.07, 6.45) is 1.39. The third kappa shape index (κ3) is 6.48. The molecular formula is C27H26N4O4. The van der Waals surface area contributed by atoms with Gasteiger partial charge in [-0.1, -0.05) is 54.6 Å². The molecule has 178 valence electrons. The van der Waals surface area contributed by atoms with Crippen LogP contribution in [0.3, 0.4) is 0 Å². The molecule has 4 rings (SSSR count). The van der Waals surface area contributed by atoms with Crippen molar-refractivity contribution < 1.29 is 19.1 Å². The van der Waals surface area contributed by atoms with E-state index in [-0.39, 0.29) is 18.9 Å². The van der Waals surface area contributed by atoms with Gasteiger partial charge in [-0.25, -0.2) is 4.79 Å². The first-order chi connectivity index (χ1) is 17.0. The molecule has 1 heterocycles. The number of aromatic amines is 1. The summed E-state index contributed by atoms with van der Waals surface area (Å²) in [5, 5.41) is 9.18. The lowest BCUT2D eigenvalue weighted by Crippen LogP contribution is -2.45. The fourth-order valence-electron chi connectivity index (χ4n) is 3.74. The largest absolute Gasteiger partial charge is 0.445 e. The highest BCUT2D eigenvalue weighted by Gasteiger charge is 2.24. The normalized spacial score (nSPS) is 11.5. The van der Waals surface area contributed by atoms with Crippen LogP contribution in [0.2, 0.25) is 0 Å². The molecule has 4 aromatic rings. The van der Waals surface area contributed by atoms with E-state index >= 15 is 0 Å². The molecule has 0 fully saturated rings. The van der Waals surface area contributed by atoms with E-state index in [1.54, 1.807) is 24.3 Å². The summed E-state index contributed by atoms with van der Waals surface area (Å²) in [4.78, 5) is 40.4. The van der Waals surface area contributed by atoms with E-state index in [1.165, 1.54) is 6.92 Å². The smallest absolute Gasteiger partial charge is 0.408 e. The molecule has 1 atom stereocenters. The molecule has 8 nitrogen and oxygen atoms in total. The number of hydrogen-bond donors (Lipinski definition) is 4. The molecule has 0 radical (unpaired) electrons. The van der Waals surface area contributed by atoms with Crippen molar-refractivity contribution in [2.24, 2.45) is 0 Å². The zero-order chi connectivity index (χ0) is 24.6. The molecule has 3 amide bonds. The number of fused-ring (bicyclic) bond motifs is 1. The lowest BCUT2D eigenvalue weighted by Gasteiger charge is -2.19. The lowest BCUT2D eigenvalue weighted by atomic mass is 10.0. The van der Waals surface area contributed by atoms with E-state index < -0.39 is 18.0 Å². The number of alkyl carbamates (subject to hydrolysis) is 1. The summed E-state index contributed by atoms with van der Waals surface area (Å²) < 4.78 is 5.34. The number of hydrogen-bond acceptors (Lipinski definition) is 4. The van der Waals surface area contributed by atoms with Crippen LogP contribution in [-0.4, -0.2) is 28.9 Å². The molecule has 1 aromatic heterocycles. The standard InChI is InChI=1S/C27H26N4O4/c1-18(32)29-21-10-7-11-22(15-21)30-26(33)25(14-20-16-28-24-13-6-5-12-23(20)24)31-27(34)35-17-19-8-3-2-4-9-19/h2-13,15-16,25,28H,14,17H2,1H3,(H,29,32)(H,30,33)(H,31,34)/t25-/m0/s1. The topological polar surface area (TPSA) is 112 Å². The minimum atomic E-state index is -0.901. The van der Waals surface area contributed by atoms with Gasteiger partial charge in [0.1, 0.15) is 12.6 Å². The van der Waals surface area contributed by atoms with Crippen molar-refractivity contribution in [1.82, 2.24) is 10.3 Å². The zero-order valence-corrected chi connectivity index (χ0v) is 19.2. The maximum atomic E-state index is 13.2. The average molecular weight is 471 g/mol. The minimum Gasteiger partial charge on any atom is -0.445 e. The Morgan fingerprint density at radius 1 is 0.886 bits per heavy atom. The maximum absolute atomic E-state index is 13.2. The van der Waals surface area contributed by atoms with Crippen LogP contribution >= 0.6 is 0 Å². The van der Waals surface area contributed by atoms with E-state index in [2.05, 4.69) is 20.9 Å². The number of para-hydroxylation sites is 1. The van der Waals surface area contributed by atoms with Crippen LogP contribution in [0, 0.1) is 0 Å². The molecule has 3 aromatic carbocycles. The second-order valence-corrected chi connectivity index (χ2v) is 8.07. The Balaban J connectivity index is 1.50. The Bertz CT molecular complexity index is 1330. The van der Waals surface area contributed by atoms with Gasteiger partial charge in [0, 0.05) is 41.8 Å². The first-order valence-corrected chi connectivity index (χ1v) is 11.2. The highest BCUT2D eigenvalue weighted by molar-refractivity contribution is 5.98. The monoisotopic (exact) mass is 470 g/mol. The third-order valence-electron chi connectivity index (χ3n) is 5.37. The van der Waals surface area contributed by atoms with Crippen LogP contribution in [0.25, 0.3) is 10.9 Å². The maximum Gasteiger partial charge on any atom is 0.408 e. The predicted molar refractivity (Wildman–Crippen MR) is 135 cm³/mol. The van der Waals surface area contributed by atoms with Crippen molar-refractivity contribution in [1.29, 1.82) is 0 Å². The summed E-state index contributed by atoms with van der Waals surface area (Å²) in [5.74, 6) is -0.625. The quantitative estimate of drug-likeness (QED) is 0.301. The van der Waals surface area contributed by atoms with Crippen LogP contribution < -0.4 is 16.0 Å². The van der Waals surface area contributed by atoms with Crippen LogP contribution in [0.5, 0.6) is 0 Å². The minimum absolute atomic E-state index is 0.0901. The van der Waals surface area contributed by atoms with Gasteiger partial charge in [0.15, 0.2) is 0 Å². The van der Waals surface area contributed by atoms with E-state index in [0.717, 1.165) is 22.0 Å². The van der Waals surface area contributed by atoms with E-state index in [1.807, 2.05) is 60.8 Å². The molecule has 0 unspecified atom stereocenters. The van der Waals surface area contributed by atoms with E-state index in [0.29, 0.717) is 11.4 Å². The second kappa shape index (κ2) is 11.0. The fourth-order valence-corrected chi connectivity index (χ4v) is 3.74. The summed E-state index contributed by atoms with van der Waals surface area (Å²) in [5.41, 5.74) is 3.71. The molecule has 0 spiro atoms. The van der Waals surface area contributed by atoms with Gasteiger partial charge in [-0.05, 0) is 35.4 Å². The highest BCUT2D eigenvalue weighted by Crippen LogP contribution is 2.20. The van der Waals surface area contributed by atoms with Crippen molar-refractivity contribution in [3.8, 4) is 0 Å². The number of nitrogens with one attached hydrogen (secondary N) is 4. The first kappa shape index (κ1) is 23.6. The Morgan fingerprint density at radius 3 is 2.37 bits per heavy atom. The summed E-state index contributed by atoms with van der Waals surface area (Å²) >= 11 is 0. The number of benzene rings is 3. The highest BCUT2D eigenvalue weighted by atomic mass is 16.5. The molecule has 35 heavy (non-hydrogen) atoms. The van der Waals surface area contributed by atoms with Gasteiger partial charge in [-0.15, -0.1) is 0 Å². The van der Waals surface area contributed by atoms with E-state index in [4.69, 9.17) is 4.74 Å². The molecule has 0 aliphatic rings. The molecule has 0 aliphatic heterocycles. The second-order valence-electron chi connectivity index (χ2n) is 8.07. The van der Waals surface area contributed by atoms with Crippen molar-refractivity contribution in [3.05, 3.63) is 96.2 Å².